The molecule has 0 fully saturated rings. The smallest absolute Gasteiger partial charge is 0.335 e. The molecular weight excluding hydrogens is 241 g/mol. The zero-order valence-corrected chi connectivity index (χ0v) is 8.49. The van der Waals surface area contributed by atoms with E-state index in [4.69, 9.17) is 5.11 Å². The number of carbonyl (C=O) groups is 2. The van der Waals surface area contributed by atoms with E-state index in [-0.39, 0.29) is 6.29 Å². The van der Waals surface area contributed by atoms with Gasteiger partial charge in [0.1, 0.15) is 4.90 Å². The monoisotopic (exact) mass is 247 g/mol. The third-order valence-corrected chi connectivity index (χ3v) is 2.66. The number of primary sulfonamides is 1. The van der Waals surface area contributed by atoms with Gasteiger partial charge in [-0.3, -0.25) is 4.79 Å². The van der Waals surface area contributed by atoms with Gasteiger partial charge in [-0.15, -0.1) is 0 Å². The Morgan fingerprint density at radius 1 is 1.44 bits per heavy atom. The fourth-order valence-corrected chi connectivity index (χ4v) is 1.69. The SMILES string of the molecule is NS(=O)(=O)c1cc(C(=O)O)cc(C=O)c1F. The molecule has 0 atom stereocenters. The summed E-state index contributed by atoms with van der Waals surface area (Å²) in [6.07, 6.45) is 0.0104. The lowest BCUT2D eigenvalue weighted by Crippen LogP contribution is -2.16. The number of aromatic carboxylic acids is 1. The van der Waals surface area contributed by atoms with E-state index in [2.05, 4.69) is 5.14 Å². The molecule has 0 aliphatic carbocycles. The van der Waals surface area contributed by atoms with Crippen LogP contribution in [0.3, 0.4) is 0 Å². The molecule has 0 spiro atoms. The first-order valence-corrected chi connectivity index (χ1v) is 5.37. The molecule has 0 saturated heterocycles. The van der Waals surface area contributed by atoms with Crippen LogP contribution in [0.2, 0.25) is 0 Å². The first-order chi connectivity index (χ1) is 7.27. The van der Waals surface area contributed by atoms with Gasteiger partial charge < -0.3 is 5.11 Å². The van der Waals surface area contributed by atoms with Crippen molar-refractivity contribution < 1.29 is 27.5 Å². The zero-order valence-electron chi connectivity index (χ0n) is 7.68. The van der Waals surface area contributed by atoms with E-state index in [1.807, 2.05) is 0 Å². The maximum absolute atomic E-state index is 13.3. The van der Waals surface area contributed by atoms with Crippen LogP contribution in [0.5, 0.6) is 0 Å². The molecule has 1 rings (SSSR count). The second kappa shape index (κ2) is 3.99. The molecule has 0 aliphatic rings. The molecule has 16 heavy (non-hydrogen) atoms. The van der Waals surface area contributed by atoms with Crippen molar-refractivity contribution in [2.45, 2.75) is 4.90 Å². The predicted molar refractivity (Wildman–Crippen MR) is 50.1 cm³/mol. The topological polar surface area (TPSA) is 115 Å². The van der Waals surface area contributed by atoms with Gasteiger partial charge in [0, 0.05) is 0 Å². The van der Waals surface area contributed by atoms with E-state index in [0.717, 1.165) is 6.07 Å². The van der Waals surface area contributed by atoms with Crippen LogP contribution in [0, 0.1) is 5.82 Å². The van der Waals surface area contributed by atoms with Crippen molar-refractivity contribution in [3.8, 4) is 0 Å². The number of carboxylic acids is 1. The molecule has 0 aliphatic heterocycles. The number of hydrogen-bond acceptors (Lipinski definition) is 4. The lowest BCUT2D eigenvalue weighted by Gasteiger charge is -2.04. The Bertz CT molecular complexity index is 566. The van der Waals surface area contributed by atoms with Gasteiger partial charge in [0.15, 0.2) is 12.1 Å². The summed E-state index contributed by atoms with van der Waals surface area (Å²) in [5, 5.41) is 13.3. The van der Waals surface area contributed by atoms with Crippen molar-refractivity contribution in [1.29, 1.82) is 0 Å². The van der Waals surface area contributed by atoms with Crippen molar-refractivity contribution in [1.82, 2.24) is 0 Å². The summed E-state index contributed by atoms with van der Waals surface area (Å²) in [6.45, 7) is 0. The van der Waals surface area contributed by atoms with Crippen molar-refractivity contribution in [2.75, 3.05) is 0 Å². The fraction of sp³-hybridized carbons (Fsp3) is 0. The highest BCUT2D eigenvalue weighted by Gasteiger charge is 2.21. The molecule has 0 radical (unpaired) electrons. The van der Waals surface area contributed by atoms with Gasteiger partial charge in [-0.05, 0) is 12.1 Å². The van der Waals surface area contributed by atoms with Crippen molar-refractivity contribution in [3.05, 3.63) is 29.1 Å². The minimum absolute atomic E-state index is 0.0104. The Balaban J connectivity index is 3.68. The maximum atomic E-state index is 13.3. The van der Waals surface area contributed by atoms with Crippen molar-refractivity contribution in [3.63, 3.8) is 0 Å². The number of hydrogen-bond donors (Lipinski definition) is 2. The van der Waals surface area contributed by atoms with Crippen LogP contribution in [0.4, 0.5) is 4.39 Å². The summed E-state index contributed by atoms with van der Waals surface area (Å²) in [4.78, 5) is 20.0. The van der Waals surface area contributed by atoms with E-state index < -0.39 is 37.8 Å². The number of carboxylic acid groups (broad SMARTS) is 1. The lowest BCUT2D eigenvalue weighted by atomic mass is 10.1. The largest absolute Gasteiger partial charge is 0.478 e. The van der Waals surface area contributed by atoms with Crippen molar-refractivity contribution in [2.24, 2.45) is 5.14 Å². The normalized spacial score (nSPS) is 11.1. The van der Waals surface area contributed by atoms with E-state index in [9.17, 15) is 22.4 Å². The van der Waals surface area contributed by atoms with Crippen LogP contribution in [-0.4, -0.2) is 25.8 Å². The Morgan fingerprint density at radius 2 is 2.00 bits per heavy atom. The van der Waals surface area contributed by atoms with E-state index in [0.29, 0.717) is 6.07 Å². The first-order valence-electron chi connectivity index (χ1n) is 3.82. The molecule has 3 N–H and O–H groups in total. The minimum Gasteiger partial charge on any atom is -0.478 e. The molecule has 0 amide bonds. The first kappa shape index (κ1) is 12.3. The predicted octanol–water partition coefficient (Wildman–Crippen LogP) is -0.0162. The Hall–Kier alpha value is -1.80. The minimum atomic E-state index is -4.42. The zero-order chi connectivity index (χ0) is 12.5. The van der Waals surface area contributed by atoms with Gasteiger partial charge >= 0.3 is 5.97 Å². The Morgan fingerprint density at radius 3 is 2.38 bits per heavy atom. The van der Waals surface area contributed by atoms with Crippen LogP contribution >= 0.6 is 0 Å². The summed E-state index contributed by atoms with van der Waals surface area (Å²) in [5.74, 6) is -2.85. The molecule has 8 heteroatoms. The molecule has 1 aromatic rings. The van der Waals surface area contributed by atoms with Gasteiger partial charge in [0.05, 0.1) is 11.1 Å². The van der Waals surface area contributed by atoms with Gasteiger partial charge in [-0.2, -0.15) is 0 Å². The number of aldehydes is 1. The van der Waals surface area contributed by atoms with Crippen LogP contribution in [-0.2, 0) is 10.0 Å². The molecule has 6 nitrogen and oxygen atoms in total. The third-order valence-electron chi connectivity index (χ3n) is 1.75. The van der Waals surface area contributed by atoms with E-state index >= 15 is 0 Å². The Kier molecular flexibility index (Phi) is 3.06. The van der Waals surface area contributed by atoms with Crippen LogP contribution in [0.25, 0.3) is 0 Å². The summed E-state index contributed by atoms with van der Waals surface area (Å²) in [5.41, 5.74) is -1.21. The van der Waals surface area contributed by atoms with Gasteiger partial charge in [0.2, 0.25) is 10.0 Å². The van der Waals surface area contributed by atoms with Gasteiger partial charge in [0.25, 0.3) is 0 Å². The summed E-state index contributed by atoms with van der Waals surface area (Å²) in [6, 6.07) is 1.28. The quantitative estimate of drug-likeness (QED) is 0.728. The van der Waals surface area contributed by atoms with Crippen molar-refractivity contribution >= 4 is 22.3 Å². The average molecular weight is 247 g/mol. The lowest BCUT2D eigenvalue weighted by molar-refractivity contribution is 0.0696. The van der Waals surface area contributed by atoms with Gasteiger partial charge in [-0.25, -0.2) is 22.7 Å². The second-order valence-corrected chi connectivity index (χ2v) is 4.38. The number of halogens is 1. The summed E-state index contributed by atoms with van der Waals surface area (Å²) in [7, 11) is -4.42. The number of rotatable bonds is 3. The molecule has 0 aromatic heterocycles. The average Bonchev–Trinajstić information content (AvgIpc) is 2.15. The third kappa shape index (κ3) is 2.23. The number of benzene rings is 1. The second-order valence-electron chi connectivity index (χ2n) is 2.85. The molecule has 1 aromatic carbocycles. The van der Waals surface area contributed by atoms with E-state index in [1.54, 1.807) is 0 Å². The Labute approximate surface area is 89.5 Å². The van der Waals surface area contributed by atoms with Crippen LogP contribution in [0.15, 0.2) is 17.0 Å². The highest BCUT2D eigenvalue weighted by molar-refractivity contribution is 7.89. The molecule has 0 bridgehead atoms. The maximum Gasteiger partial charge on any atom is 0.335 e. The van der Waals surface area contributed by atoms with E-state index in [1.165, 1.54) is 0 Å². The number of carbonyl (C=O) groups excluding carboxylic acids is 1. The van der Waals surface area contributed by atoms with Crippen LogP contribution in [0.1, 0.15) is 20.7 Å². The summed E-state index contributed by atoms with van der Waals surface area (Å²) >= 11 is 0. The standard InChI is InChI=1S/C8H6FNO5S/c9-7-5(3-11)1-4(8(12)13)2-6(7)16(10,14)15/h1-3H,(H,12,13)(H2,10,14,15). The number of sulfonamides is 1. The number of nitrogens with two attached hydrogens (primary N) is 1. The highest BCUT2D eigenvalue weighted by Crippen LogP contribution is 2.18. The van der Waals surface area contributed by atoms with Gasteiger partial charge in [-0.1, -0.05) is 0 Å². The molecule has 0 heterocycles. The molecule has 86 valence electrons. The summed E-state index contributed by atoms with van der Waals surface area (Å²) < 4.78 is 35.2. The fourth-order valence-electron chi connectivity index (χ4n) is 1.04. The molecular formula is C8H6FNO5S. The molecule has 0 unspecified atom stereocenters. The molecule has 0 saturated carbocycles. The highest BCUT2D eigenvalue weighted by atomic mass is 32.2. The van der Waals surface area contributed by atoms with Crippen LogP contribution < -0.4 is 5.14 Å².